The molecule has 2 rings (SSSR count). The van der Waals surface area contributed by atoms with Crippen molar-refractivity contribution in [1.82, 2.24) is 4.90 Å². The van der Waals surface area contributed by atoms with Crippen LogP contribution in [0.5, 0.6) is 5.75 Å². The molecule has 1 amide bonds. The van der Waals surface area contributed by atoms with Crippen molar-refractivity contribution < 1.29 is 9.53 Å². The van der Waals surface area contributed by atoms with Gasteiger partial charge in [0, 0.05) is 24.2 Å². The van der Waals surface area contributed by atoms with Crippen LogP contribution in [-0.4, -0.2) is 35.5 Å². The highest BCUT2D eigenvalue weighted by Crippen LogP contribution is 2.26. The van der Waals surface area contributed by atoms with E-state index in [1.165, 1.54) is 0 Å². The van der Waals surface area contributed by atoms with E-state index in [-0.39, 0.29) is 11.9 Å². The lowest BCUT2D eigenvalue weighted by Crippen LogP contribution is -2.52. The minimum atomic E-state index is -0.901. The zero-order valence-corrected chi connectivity index (χ0v) is 13.6. The summed E-state index contributed by atoms with van der Waals surface area (Å²) in [5.41, 5.74) is 5.91. The summed E-state index contributed by atoms with van der Waals surface area (Å²) in [4.78, 5) is 14.5. The van der Waals surface area contributed by atoms with E-state index in [2.05, 4.69) is 0 Å². The Labute approximate surface area is 131 Å². The molecule has 1 fully saturated rings. The number of carbonyl (C=O) groups is 1. The lowest BCUT2D eigenvalue weighted by atomic mass is 10.0. The molecule has 1 aliphatic heterocycles. The number of nitrogens with zero attached hydrogens (tertiary/aromatic N) is 1. The minimum Gasteiger partial charge on any atom is -0.478 e. The molecule has 4 nitrogen and oxygen atoms in total. The smallest absolute Gasteiger partial charge is 0.266 e. The van der Waals surface area contributed by atoms with Crippen LogP contribution in [0.1, 0.15) is 32.3 Å². The number of hydrogen-bond donors (Lipinski definition) is 1. The predicted octanol–water partition coefficient (Wildman–Crippen LogP) is 2.76. The Hall–Kier alpha value is -1.26. The molecule has 0 unspecified atom stereocenters. The van der Waals surface area contributed by atoms with E-state index < -0.39 is 5.60 Å². The van der Waals surface area contributed by atoms with Gasteiger partial charge in [-0.05, 0) is 57.4 Å². The highest BCUT2D eigenvalue weighted by atomic mass is 35.5. The van der Waals surface area contributed by atoms with Crippen LogP contribution in [0, 0.1) is 6.92 Å². The standard InChI is InChI=1S/C16H23ClN2O2/c1-11-10-13(4-5-14(11)17)21-16(2,3)15(20)19-8-6-12(18)7-9-19/h4-5,10,12H,6-9,18H2,1-3H3. The third-order valence-corrected chi connectivity index (χ3v) is 4.27. The number of benzene rings is 1. The van der Waals surface area contributed by atoms with E-state index in [0.29, 0.717) is 23.9 Å². The van der Waals surface area contributed by atoms with Gasteiger partial charge in [-0.1, -0.05) is 11.6 Å². The maximum Gasteiger partial charge on any atom is 0.266 e. The van der Waals surface area contributed by atoms with Gasteiger partial charge in [0.25, 0.3) is 5.91 Å². The van der Waals surface area contributed by atoms with Crippen LogP contribution in [0.15, 0.2) is 18.2 Å². The highest BCUT2D eigenvalue weighted by Gasteiger charge is 2.35. The minimum absolute atomic E-state index is 0.00185. The molecule has 5 heteroatoms. The predicted molar refractivity (Wildman–Crippen MR) is 84.7 cm³/mol. The number of rotatable bonds is 3. The van der Waals surface area contributed by atoms with Gasteiger partial charge in [-0.25, -0.2) is 0 Å². The fourth-order valence-corrected chi connectivity index (χ4v) is 2.62. The van der Waals surface area contributed by atoms with Crippen molar-refractivity contribution in [3.63, 3.8) is 0 Å². The number of halogens is 1. The Morgan fingerprint density at radius 3 is 2.57 bits per heavy atom. The van der Waals surface area contributed by atoms with Crippen LogP contribution < -0.4 is 10.5 Å². The summed E-state index contributed by atoms with van der Waals surface area (Å²) in [7, 11) is 0. The number of hydrogen-bond acceptors (Lipinski definition) is 3. The van der Waals surface area contributed by atoms with Crippen LogP contribution in [0.4, 0.5) is 0 Å². The van der Waals surface area contributed by atoms with E-state index in [0.717, 1.165) is 18.4 Å². The normalized spacial score (nSPS) is 16.9. The summed E-state index contributed by atoms with van der Waals surface area (Å²) in [6.07, 6.45) is 1.70. The molecule has 1 aromatic carbocycles. The molecule has 1 aromatic rings. The molecule has 116 valence electrons. The zero-order valence-electron chi connectivity index (χ0n) is 12.9. The molecular weight excluding hydrogens is 288 g/mol. The lowest BCUT2D eigenvalue weighted by molar-refractivity contribution is -0.146. The van der Waals surface area contributed by atoms with Gasteiger partial charge in [-0.3, -0.25) is 4.79 Å². The van der Waals surface area contributed by atoms with Crippen LogP contribution >= 0.6 is 11.6 Å². The fraction of sp³-hybridized carbons (Fsp3) is 0.562. The molecule has 0 atom stereocenters. The molecule has 0 radical (unpaired) electrons. The lowest BCUT2D eigenvalue weighted by Gasteiger charge is -2.36. The second kappa shape index (κ2) is 6.24. The Balaban J connectivity index is 2.06. The molecule has 0 bridgehead atoms. The van der Waals surface area contributed by atoms with Crippen molar-refractivity contribution in [2.45, 2.75) is 45.3 Å². The average Bonchev–Trinajstić information content (AvgIpc) is 2.43. The van der Waals surface area contributed by atoms with E-state index >= 15 is 0 Å². The summed E-state index contributed by atoms with van der Waals surface area (Å²) in [6.45, 7) is 6.91. The number of likely N-dealkylation sites (tertiary alicyclic amines) is 1. The highest BCUT2D eigenvalue weighted by molar-refractivity contribution is 6.31. The molecule has 0 spiro atoms. The zero-order chi connectivity index (χ0) is 15.6. The summed E-state index contributed by atoms with van der Waals surface area (Å²) in [6, 6.07) is 5.63. The molecule has 2 N–H and O–H groups in total. The van der Waals surface area contributed by atoms with Gasteiger partial charge in [0.15, 0.2) is 5.60 Å². The molecule has 0 aliphatic carbocycles. The van der Waals surface area contributed by atoms with Crippen molar-refractivity contribution in [1.29, 1.82) is 0 Å². The topological polar surface area (TPSA) is 55.6 Å². The van der Waals surface area contributed by atoms with Gasteiger partial charge < -0.3 is 15.4 Å². The van der Waals surface area contributed by atoms with Gasteiger partial charge in [0.05, 0.1) is 0 Å². The van der Waals surface area contributed by atoms with Crippen LogP contribution in [0.25, 0.3) is 0 Å². The SMILES string of the molecule is Cc1cc(OC(C)(C)C(=O)N2CCC(N)CC2)ccc1Cl. The number of nitrogens with two attached hydrogens (primary N) is 1. The van der Waals surface area contributed by atoms with Gasteiger partial charge >= 0.3 is 0 Å². The third kappa shape index (κ3) is 3.89. The van der Waals surface area contributed by atoms with Crippen molar-refractivity contribution in [3.05, 3.63) is 28.8 Å². The van der Waals surface area contributed by atoms with E-state index in [1.807, 2.05) is 17.9 Å². The Morgan fingerprint density at radius 1 is 1.38 bits per heavy atom. The van der Waals surface area contributed by atoms with Crippen molar-refractivity contribution in [2.75, 3.05) is 13.1 Å². The first-order valence-electron chi connectivity index (χ1n) is 7.30. The quantitative estimate of drug-likeness (QED) is 0.934. The van der Waals surface area contributed by atoms with Crippen molar-refractivity contribution in [2.24, 2.45) is 5.73 Å². The molecule has 21 heavy (non-hydrogen) atoms. The summed E-state index contributed by atoms with van der Waals surface area (Å²) >= 11 is 6.01. The van der Waals surface area contributed by atoms with Gasteiger partial charge in [0.1, 0.15) is 5.75 Å². The summed E-state index contributed by atoms with van der Waals surface area (Å²) in [5, 5.41) is 0.691. The molecule has 1 saturated heterocycles. The van der Waals surface area contributed by atoms with Crippen LogP contribution in [0.2, 0.25) is 5.02 Å². The average molecular weight is 311 g/mol. The molecule has 0 saturated carbocycles. The first-order valence-corrected chi connectivity index (χ1v) is 7.67. The molecule has 1 heterocycles. The fourth-order valence-electron chi connectivity index (χ4n) is 2.50. The number of amides is 1. The summed E-state index contributed by atoms with van der Waals surface area (Å²) < 4.78 is 5.90. The van der Waals surface area contributed by atoms with E-state index in [9.17, 15) is 4.79 Å². The largest absolute Gasteiger partial charge is 0.478 e. The molecular formula is C16H23ClN2O2. The van der Waals surface area contributed by atoms with Gasteiger partial charge in [-0.15, -0.1) is 0 Å². The third-order valence-electron chi connectivity index (χ3n) is 3.84. The number of aryl methyl sites for hydroxylation is 1. The van der Waals surface area contributed by atoms with E-state index in [1.54, 1.807) is 26.0 Å². The van der Waals surface area contributed by atoms with Crippen LogP contribution in [-0.2, 0) is 4.79 Å². The van der Waals surface area contributed by atoms with Gasteiger partial charge in [0.2, 0.25) is 0 Å². The number of carbonyl (C=O) groups excluding carboxylic acids is 1. The monoisotopic (exact) mass is 310 g/mol. The first-order chi connectivity index (χ1) is 9.79. The Kier molecular flexibility index (Phi) is 4.79. The van der Waals surface area contributed by atoms with E-state index in [4.69, 9.17) is 22.1 Å². The second-order valence-corrected chi connectivity index (χ2v) is 6.56. The van der Waals surface area contributed by atoms with Crippen molar-refractivity contribution >= 4 is 17.5 Å². The number of ether oxygens (including phenoxy) is 1. The Bertz CT molecular complexity index is 523. The van der Waals surface area contributed by atoms with Gasteiger partial charge in [-0.2, -0.15) is 0 Å². The van der Waals surface area contributed by atoms with Crippen LogP contribution in [0.3, 0.4) is 0 Å². The second-order valence-electron chi connectivity index (χ2n) is 6.15. The van der Waals surface area contributed by atoms with Crippen molar-refractivity contribution in [3.8, 4) is 5.75 Å². The molecule has 1 aliphatic rings. The molecule has 0 aromatic heterocycles. The maximum atomic E-state index is 12.6. The Morgan fingerprint density at radius 2 is 2.00 bits per heavy atom. The number of piperidine rings is 1. The first kappa shape index (κ1) is 16.1. The maximum absolute atomic E-state index is 12.6. The summed E-state index contributed by atoms with van der Waals surface area (Å²) in [5.74, 6) is 0.658.